The quantitative estimate of drug-likeness (QED) is 0.885. The highest BCUT2D eigenvalue weighted by atomic mass is 15.0. The van der Waals surface area contributed by atoms with Crippen LogP contribution in [-0.4, -0.2) is 16.5 Å². The Bertz CT molecular complexity index is 473. The van der Waals surface area contributed by atoms with E-state index in [4.69, 9.17) is 9.97 Å². The highest BCUT2D eigenvalue weighted by Gasteiger charge is 2.29. The molecule has 2 heterocycles. The number of nitrogens with zero attached hydrogens (tertiary/aromatic N) is 2. The van der Waals surface area contributed by atoms with E-state index >= 15 is 0 Å². The smallest absolute Gasteiger partial charge is 0.131 e. The molecule has 0 radical (unpaired) electrons. The molecule has 0 atom stereocenters. The minimum atomic E-state index is 0.652. The van der Waals surface area contributed by atoms with Crippen LogP contribution in [-0.2, 0) is 13.0 Å². The molecule has 3 nitrogen and oxygen atoms in total. The molecule has 19 heavy (non-hydrogen) atoms. The highest BCUT2D eigenvalue weighted by Crippen LogP contribution is 2.40. The van der Waals surface area contributed by atoms with E-state index in [0.29, 0.717) is 5.92 Å². The molecule has 1 aliphatic heterocycles. The third-order valence-electron chi connectivity index (χ3n) is 5.19. The van der Waals surface area contributed by atoms with Crippen LogP contribution >= 0.6 is 0 Å². The maximum absolute atomic E-state index is 5.04. The normalized spacial score (nSPS) is 24.2. The first-order valence-corrected chi connectivity index (χ1v) is 8.02. The van der Waals surface area contributed by atoms with Gasteiger partial charge in [-0.05, 0) is 25.7 Å². The highest BCUT2D eigenvalue weighted by molar-refractivity contribution is 5.32. The minimum Gasteiger partial charge on any atom is -0.312 e. The maximum atomic E-state index is 5.04. The van der Waals surface area contributed by atoms with E-state index in [0.717, 1.165) is 25.4 Å². The third-order valence-corrected chi connectivity index (χ3v) is 5.19. The monoisotopic (exact) mass is 257 g/mol. The van der Waals surface area contributed by atoms with E-state index in [-0.39, 0.29) is 0 Å². The summed E-state index contributed by atoms with van der Waals surface area (Å²) in [5.74, 6) is 2.57. The summed E-state index contributed by atoms with van der Waals surface area (Å²) in [6, 6.07) is 0. The standard InChI is InChI=1S/C16H23N3/c1-2-5-12(4-1)16-18-14-8-9-17-10-13(14)15(19-16)11-6-3-7-11/h11-12,17H,1-10H2. The van der Waals surface area contributed by atoms with Gasteiger partial charge < -0.3 is 5.32 Å². The lowest BCUT2D eigenvalue weighted by molar-refractivity contribution is 0.401. The zero-order chi connectivity index (χ0) is 12.7. The van der Waals surface area contributed by atoms with Gasteiger partial charge in [0.15, 0.2) is 0 Å². The van der Waals surface area contributed by atoms with E-state index in [1.54, 1.807) is 0 Å². The van der Waals surface area contributed by atoms with Gasteiger partial charge in [0, 0.05) is 36.9 Å². The summed E-state index contributed by atoms with van der Waals surface area (Å²) in [5.41, 5.74) is 4.21. The van der Waals surface area contributed by atoms with Crippen LogP contribution < -0.4 is 5.32 Å². The third kappa shape index (κ3) is 2.08. The first-order chi connectivity index (χ1) is 9.42. The molecular weight excluding hydrogens is 234 g/mol. The van der Waals surface area contributed by atoms with E-state index in [9.17, 15) is 0 Å². The second kappa shape index (κ2) is 4.86. The second-order valence-corrected chi connectivity index (χ2v) is 6.43. The topological polar surface area (TPSA) is 37.8 Å². The Kier molecular flexibility index (Phi) is 3.03. The van der Waals surface area contributed by atoms with Gasteiger partial charge in [-0.2, -0.15) is 0 Å². The van der Waals surface area contributed by atoms with Crippen LogP contribution in [0, 0.1) is 0 Å². The van der Waals surface area contributed by atoms with Crippen LogP contribution in [0.25, 0.3) is 0 Å². The SMILES string of the molecule is C1CCC(c2nc3c(c(C4CCC4)n2)CNCC3)C1. The molecule has 0 saturated heterocycles. The van der Waals surface area contributed by atoms with Gasteiger partial charge >= 0.3 is 0 Å². The summed E-state index contributed by atoms with van der Waals surface area (Å²) in [4.78, 5) is 9.98. The average Bonchev–Trinajstić information content (AvgIpc) is 2.90. The Morgan fingerprint density at radius 1 is 0.895 bits per heavy atom. The van der Waals surface area contributed by atoms with Crippen LogP contribution in [0.4, 0.5) is 0 Å². The zero-order valence-corrected chi connectivity index (χ0v) is 11.6. The first-order valence-electron chi connectivity index (χ1n) is 8.02. The van der Waals surface area contributed by atoms with Crippen molar-refractivity contribution in [3.05, 3.63) is 22.8 Å². The Morgan fingerprint density at radius 3 is 2.42 bits per heavy atom. The van der Waals surface area contributed by atoms with Gasteiger partial charge in [0.2, 0.25) is 0 Å². The van der Waals surface area contributed by atoms with Crippen molar-refractivity contribution in [1.29, 1.82) is 0 Å². The lowest BCUT2D eigenvalue weighted by atomic mass is 9.80. The summed E-state index contributed by atoms with van der Waals surface area (Å²) < 4.78 is 0. The van der Waals surface area contributed by atoms with Crippen molar-refractivity contribution < 1.29 is 0 Å². The van der Waals surface area contributed by atoms with Crippen molar-refractivity contribution in [3.8, 4) is 0 Å². The van der Waals surface area contributed by atoms with Gasteiger partial charge in [0.1, 0.15) is 5.82 Å². The number of aromatic nitrogens is 2. The van der Waals surface area contributed by atoms with Gasteiger partial charge in [0.25, 0.3) is 0 Å². The van der Waals surface area contributed by atoms with Crippen LogP contribution in [0.5, 0.6) is 0 Å². The van der Waals surface area contributed by atoms with E-state index < -0.39 is 0 Å². The molecule has 0 amide bonds. The summed E-state index contributed by atoms with van der Waals surface area (Å²) in [6.45, 7) is 2.07. The van der Waals surface area contributed by atoms with Crippen LogP contribution in [0.3, 0.4) is 0 Å². The molecule has 3 aliphatic rings. The largest absolute Gasteiger partial charge is 0.312 e. The second-order valence-electron chi connectivity index (χ2n) is 6.43. The van der Waals surface area contributed by atoms with Gasteiger partial charge in [0.05, 0.1) is 11.4 Å². The molecule has 1 aromatic rings. The number of fused-ring (bicyclic) bond motifs is 1. The fourth-order valence-corrected chi connectivity index (χ4v) is 3.77. The molecule has 1 aromatic heterocycles. The molecule has 2 saturated carbocycles. The Morgan fingerprint density at radius 2 is 1.68 bits per heavy atom. The fraction of sp³-hybridized carbons (Fsp3) is 0.750. The minimum absolute atomic E-state index is 0.652. The molecule has 0 aromatic carbocycles. The lowest BCUT2D eigenvalue weighted by Gasteiger charge is -2.30. The van der Waals surface area contributed by atoms with E-state index in [1.165, 1.54) is 67.7 Å². The summed E-state index contributed by atoms with van der Waals surface area (Å²) in [6.07, 6.45) is 10.5. The molecule has 0 spiro atoms. The average molecular weight is 257 g/mol. The van der Waals surface area contributed by atoms with Crippen molar-refractivity contribution in [2.24, 2.45) is 0 Å². The summed E-state index contributed by atoms with van der Waals surface area (Å²) >= 11 is 0. The zero-order valence-electron chi connectivity index (χ0n) is 11.6. The van der Waals surface area contributed by atoms with Crippen molar-refractivity contribution in [3.63, 3.8) is 0 Å². The van der Waals surface area contributed by atoms with Crippen molar-refractivity contribution in [2.45, 2.75) is 69.7 Å². The maximum Gasteiger partial charge on any atom is 0.131 e. The van der Waals surface area contributed by atoms with Crippen LogP contribution in [0.15, 0.2) is 0 Å². The van der Waals surface area contributed by atoms with Gasteiger partial charge in [-0.1, -0.05) is 19.3 Å². The molecule has 3 heteroatoms. The van der Waals surface area contributed by atoms with Crippen molar-refractivity contribution in [2.75, 3.05) is 6.54 Å². The molecule has 2 fully saturated rings. The lowest BCUT2D eigenvalue weighted by Crippen LogP contribution is -2.29. The molecule has 0 bridgehead atoms. The van der Waals surface area contributed by atoms with Gasteiger partial charge in [-0.25, -0.2) is 9.97 Å². The molecule has 1 N–H and O–H groups in total. The number of hydrogen-bond acceptors (Lipinski definition) is 3. The van der Waals surface area contributed by atoms with Crippen LogP contribution in [0.1, 0.15) is 79.6 Å². The summed E-state index contributed by atoms with van der Waals surface area (Å²) in [7, 11) is 0. The van der Waals surface area contributed by atoms with Crippen molar-refractivity contribution in [1.82, 2.24) is 15.3 Å². The van der Waals surface area contributed by atoms with E-state index in [2.05, 4.69) is 5.32 Å². The molecular formula is C16H23N3. The summed E-state index contributed by atoms with van der Waals surface area (Å²) in [5, 5.41) is 3.49. The van der Waals surface area contributed by atoms with Crippen molar-refractivity contribution >= 4 is 0 Å². The molecule has 2 aliphatic carbocycles. The van der Waals surface area contributed by atoms with Crippen LogP contribution in [0.2, 0.25) is 0 Å². The Balaban J connectivity index is 1.75. The predicted octanol–water partition coefficient (Wildman–Crippen LogP) is 3.05. The predicted molar refractivity (Wildman–Crippen MR) is 75.2 cm³/mol. The van der Waals surface area contributed by atoms with E-state index in [1.807, 2.05) is 0 Å². The molecule has 102 valence electrons. The Labute approximate surface area is 115 Å². The van der Waals surface area contributed by atoms with Gasteiger partial charge in [-0.15, -0.1) is 0 Å². The van der Waals surface area contributed by atoms with Gasteiger partial charge in [-0.3, -0.25) is 0 Å². The first kappa shape index (κ1) is 11.8. The molecule has 0 unspecified atom stereocenters. The number of hydrogen-bond donors (Lipinski definition) is 1. The fourth-order valence-electron chi connectivity index (χ4n) is 3.77. The molecule has 4 rings (SSSR count). The Hall–Kier alpha value is -0.960. The number of rotatable bonds is 2. The number of nitrogens with one attached hydrogen (secondary N) is 1.